The third-order valence-corrected chi connectivity index (χ3v) is 4.85. The summed E-state index contributed by atoms with van der Waals surface area (Å²) in [6, 6.07) is 7.26. The van der Waals surface area contributed by atoms with Crippen LogP contribution in [0.3, 0.4) is 0 Å². The van der Waals surface area contributed by atoms with Crippen LogP contribution in [0.2, 0.25) is 0 Å². The molecule has 0 aliphatic rings. The molecule has 0 aliphatic heterocycles. The van der Waals surface area contributed by atoms with Crippen molar-refractivity contribution in [3.63, 3.8) is 0 Å². The van der Waals surface area contributed by atoms with Gasteiger partial charge in [0.15, 0.2) is 5.96 Å². The number of aliphatic imine (C=N–C) groups is 1. The highest BCUT2D eigenvalue weighted by Crippen LogP contribution is 2.16. The van der Waals surface area contributed by atoms with E-state index in [0.29, 0.717) is 18.2 Å². The molecule has 2 aromatic rings. The van der Waals surface area contributed by atoms with E-state index in [1.165, 1.54) is 4.88 Å². The van der Waals surface area contributed by atoms with E-state index in [-0.39, 0.29) is 24.0 Å². The third kappa shape index (κ3) is 7.87. The van der Waals surface area contributed by atoms with E-state index in [9.17, 15) is 8.42 Å². The number of sulfonamides is 1. The third-order valence-electron chi connectivity index (χ3n) is 3.28. The van der Waals surface area contributed by atoms with Gasteiger partial charge < -0.3 is 10.6 Å². The van der Waals surface area contributed by atoms with Crippen molar-refractivity contribution in [3.05, 3.63) is 45.9 Å². The van der Waals surface area contributed by atoms with Gasteiger partial charge in [-0.05, 0) is 18.6 Å². The molecule has 0 spiro atoms. The Bertz CT molecular complexity index is 837. The van der Waals surface area contributed by atoms with Gasteiger partial charge in [0.25, 0.3) is 0 Å². The van der Waals surface area contributed by atoms with Gasteiger partial charge in [-0.2, -0.15) is 0 Å². The molecule has 7 nitrogen and oxygen atoms in total. The molecule has 3 N–H and O–H groups in total. The molecule has 0 saturated carbocycles. The summed E-state index contributed by atoms with van der Waals surface area (Å²) in [5.74, 6) is 0.655. The van der Waals surface area contributed by atoms with Crippen molar-refractivity contribution in [1.29, 1.82) is 0 Å². The number of rotatable bonds is 7. The zero-order valence-electron chi connectivity index (χ0n) is 14.9. The van der Waals surface area contributed by atoms with Gasteiger partial charge in [0.05, 0.1) is 17.0 Å². The molecule has 0 radical (unpaired) electrons. The first-order chi connectivity index (χ1) is 11.9. The monoisotopic (exact) mass is 509 g/mol. The van der Waals surface area contributed by atoms with Crippen molar-refractivity contribution in [3.8, 4) is 0 Å². The predicted molar refractivity (Wildman–Crippen MR) is 119 cm³/mol. The Balaban J connectivity index is 0.00000338. The molecule has 144 valence electrons. The summed E-state index contributed by atoms with van der Waals surface area (Å²) in [5.41, 5.74) is 1.40. The summed E-state index contributed by atoms with van der Waals surface area (Å²) in [6.45, 7) is 3.21. The number of hydrogen-bond donors (Lipinski definition) is 3. The lowest BCUT2D eigenvalue weighted by molar-refractivity contribution is 0.606. The molecule has 10 heteroatoms. The Kier molecular flexibility index (Phi) is 9.30. The SMILES string of the molecule is CN=C(NCCc1ncc(C)s1)NCc1ccccc1NS(C)(=O)=O.I. The summed E-state index contributed by atoms with van der Waals surface area (Å²) in [7, 11) is -1.62. The highest BCUT2D eigenvalue weighted by molar-refractivity contribution is 14.0. The molecule has 0 saturated heterocycles. The minimum absolute atomic E-state index is 0. The Morgan fingerprint density at radius 1 is 1.27 bits per heavy atom. The van der Waals surface area contributed by atoms with Crippen LogP contribution in [-0.4, -0.2) is 39.2 Å². The molecule has 0 aliphatic carbocycles. The maximum Gasteiger partial charge on any atom is 0.229 e. The molecular weight excluding hydrogens is 485 g/mol. The Morgan fingerprint density at radius 2 is 2.00 bits per heavy atom. The van der Waals surface area contributed by atoms with Crippen LogP contribution in [0.5, 0.6) is 0 Å². The van der Waals surface area contributed by atoms with Gasteiger partial charge in [0.2, 0.25) is 10.0 Å². The minimum Gasteiger partial charge on any atom is -0.356 e. The Morgan fingerprint density at radius 3 is 2.62 bits per heavy atom. The molecule has 0 fully saturated rings. The second-order valence-corrected chi connectivity index (χ2v) is 8.57. The predicted octanol–water partition coefficient (Wildman–Crippen LogP) is 2.35. The molecule has 0 unspecified atom stereocenters. The van der Waals surface area contributed by atoms with E-state index in [1.807, 2.05) is 25.3 Å². The van der Waals surface area contributed by atoms with Crippen LogP contribution < -0.4 is 15.4 Å². The second kappa shape index (κ2) is 10.7. The number of aryl methyl sites for hydroxylation is 1. The number of nitrogens with zero attached hydrogens (tertiary/aromatic N) is 2. The van der Waals surface area contributed by atoms with Crippen molar-refractivity contribution >= 4 is 57.0 Å². The highest BCUT2D eigenvalue weighted by atomic mass is 127. The summed E-state index contributed by atoms with van der Waals surface area (Å²) in [4.78, 5) is 9.71. The number of halogens is 1. The average molecular weight is 509 g/mol. The standard InChI is InChI=1S/C16H23N5O2S2.HI/c1-12-10-19-15(24-12)8-9-18-16(17-2)20-11-13-6-4-5-7-14(13)21-25(3,22)23;/h4-7,10,21H,8-9,11H2,1-3H3,(H2,17,18,20);1H. The fraction of sp³-hybridized carbons (Fsp3) is 0.375. The van der Waals surface area contributed by atoms with Crippen LogP contribution >= 0.6 is 35.3 Å². The molecule has 0 atom stereocenters. The summed E-state index contributed by atoms with van der Waals surface area (Å²) >= 11 is 1.69. The number of para-hydroxylation sites is 1. The smallest absolute Gasteiger partial charge is 0.229 e. The van der Waals surface area contributed by atoms with E-state index < -0.39 is 10.0 Å². The zero-order valence-corrected chi connectivity index (χ0v) is 18.9. The van der Waals surface area contributed by atoms with E-state index in [2.05, 4.69) is 25.3 Å². The maximum atomic E-state index is 11.5. The Hall–Kier alpha value is -1.40. The van der Waals surface area contributed by atoms with Crippen LogP contribution in [-0.2, 0) is 23.0 Å². The van der Waals surface area contributed by atoms with E-state index >= 15 is 0 Å². The number of nitrogens with one attached hydrogen (secondary N) is 3. The molecule has 1 aromatic heterocycles. The van der Waals surface area contributed by atoms with Gasteiger partial charge in [-0.3, -0.25) is 9.71 Å². The first kappa shape index (κ1) is 22.6. The molecule has 2 rings (SSSR count). The summed E-state index contributed by atoms with van der Waals surface area (Å²) < 4.78 is 25.4. The van der Waals surface area contributed by atoms with Crippen LogP contribution in [0, 0.1) is 6.92 Å². The lowest BCUT2D eigenvalue weighted by atomic mass is 10.2. The van der Waals surface area contributed by atoms with E-state index in [0.717, 1.165) is 29.8 Å². The van der Waals surface area contributed by atoms with Crippen molar-refractivity contribution in [2.75, 3.05) is 24.6 Å². The van der Waals surface area contributed by atoms with Crippen molar-refractivity contribution in [2.24, 2.45) is 4.99 Å². The van der Waals surface area contributed by atoms with Crippen molar-refractivity contribution in [1.82, 2.24) is 15.6 Å². The van der Waals surface area contributed by atoms with Crippen molar-refractivity contribution < 1.29 is 8.42 Å². The number of aromatic nitrogens is 1. The van der Waals surface area contributed by atoms with Crippen LogP contribution in [0.1, 0.15) is 15.4 Å². The van der Waals surface area contributed by atoms with Crippen LogP contribution in [0.4, 0.5) is 5.69 Å². The van der Waals surface area contributed by atoms with Gasteiger partial charge in [-0.15, -0.1) is 35.3 Å². The van der Waals surface area contributed by atoms with Gasteiger partial charge >= 0.3 is 0 Å². The highest BCUT2D eigenvalue weighted by Gasteiger charge is 2.07. The second-order valence-electron chi connectivity index (χ2n) is 5.50. The normalized spacial score (nSPS) is 11.6. The van der Waals surface area contributed by atoms with E-state index in [1.54, 1.807) is 30.5 Å². The largest absolute Gasteiger partial charge is 0.356 e. The van der Waals surface area contributed by atoms with Gasteiger partial charge in [0, 0.05) is 37.6 Å². The number of anilines is 1. The molecule has 1 heterocycles. The van der Waals surface area contributed by atoms with Crippen molar-refractivity contribution in [2.45, 2.75) is 19.9 Å². The lowest BCUT2D eigenvalue weighted by Crippen LogP contribution is -2.38. The molecule has 1 aromatic carbocycles. The fourth-order valence-corrected chi connectivity index (χ4v) is 3.56. The average Bonchev–Trinajstić information content (AvgIpc) is 2.96. The first-order valence-electron chi connectivity index (χ1n) is 7.79. The molecular formula is C16H24IN5O2S2. The number of thiazole rings is 1. The van der Waals surface area contributed by atoms with E-state index in [4.69, 9.17) is 0 Å². The maximum absolute atomic E-state index is 11.5. The lowest BCUT2D eigenvalue weighted by Gasteiger charge is -2.14. The van der Waals surface area contributed by atoms with Gasteiger partial charge in [-0.25, -0.2) is 13.4 Å². The summed E-state index contributed by atoms with van der Waals surface area (Å²) in [5, 5.41) is 7.51. The van der Waals surface area contributed by atoms with Gasteiger partial charge in [0.1, 0.15) is 0 Å². The Labute approximate surface area is 175 Å². The first-order valence-corrected chi connectivity index (χ1v) is 10.5. The zero-order chi connectivity index (χ0) is 18.3. The van der Waals surface area contributed by atoms with Gasteiger partial charge in [-0.1, -0.05) is 18.2 Å². The minimum atomic E-state index is -3.32. The summed E-state index contributed by atoms with van der Waals surface area (Å²) in [6.07, 6.45) is 3.84. The number of hydrogen-bond acceptors (Lipinski definition) is 5. The van der Waals surface area contributed by atoms with Crippen LogP contribution in [0.15, 0.2) is 35.5 Å². The quantitative estimate of drug-likeness (QED) is 0.303. The number of guanidine groups is 1. The molecule has 0 amide bonds. The topological polar surface area (TPSA) is 95.5 Å². The molecule has 26 heavy (non-hydrogen) atoms. The fourth-order valence-electron chi connectivity index (χ4n) is 2.18. The van der Waals surface area contributed by atoms with Crippen LogP contribution in [0.25, 0.3) is 0 Å². The molecule has 0 bridgehead atoms. The number of benzene rings is 1.